The molecule has 2 fully saturated rings. The van der Waals surface area contributed by atoms with E-state index in [9.17, 15) is 4.79 Å². The Kier molecular flexibility index (Phi) is 3.09. The van der Waals surface area contributed by atoms with Gasteiger partial charge in [0.1, 0.15) is 0 Å². The third kappa shape index (κ3) is 2.10. The minimum absolute atomic E-state index is 0.418. The summed E-state index contributed by atoms with van der Waals surface area (Å²) in [5, 5.41) is 0. The quantitative estimate of drug-likeness (QED) is 0.675. The van der Waals surface area contributed by atoms with Crippen molar-refractivity contribution in [3.63, 3.8) is 0 Å². The molecule has 1 amide bonds. The Morgan fingerprint density at radius 3 is 2.21 bits per heavy atom. The van der Waals surface area contributed by atoms with Crippen LogP contribution in [0.1, 0.15) is 58.3 Å². The lowest BCUT2D eigenvalue weighted by atomic mass is 10.2. The SMILES string of the molecule is CCCC(=O)N(C1CCCC1)C1CC1. The number of amides is 1. The smallest absolute Gasteiger partial charge is 0.223 e. The molecule has 0 heterocycles. The van der Waals surface area contributed by atoms with Crippen LogP contribution in [0.4, 0.5) is 0 Å². The van der Waals surface area contributed by atoms with E-state index in [4.69, 9.17) is 0 Å². The van der Waals surface area contributed by atoms with Gasteiger partial charge in [-0.3, -0.25) is 4.79 Å². The van der Waals surface area contributed by atoms with Crippen LogP contribution in [0, 0.1) is 0 Å². The van der Waals surface area contributed by atoms with Crippen LogP contribution in [0.2, 0.25) is 0 Å². The minimum Gasteiger partial charge on any atom is -0.337 e. The van der Waals surface area contributed by atoms with Crippen LogP contribution in [-0.2, 0) is 4.79 Å². The standard InChI is InChI=1S/C12H21NO/c1-2-5-12(14)13(11-8-9-11)10-6-3-4-7-10/h10-11H,2-9H2,1H3. The monoisotopic (exact) mass is 195 g/mol. The Balaban J connectivity index is 1.95. The van der Waals surface area contributed by atoms with Crippen molar-refractivity contribution < 1.29 is 4.79 Å². The van der Waals surface area contributed by atoms with Gasteiger partial charge in [-0.15, -0.1) is 0 Å². The average Bonchev–Trinajstić information content (AvgIpc) is 2.82. The summed E-state index contributed by atoms with van der Waals surface area (Å²) in [6, 6.07) is 1.22. The maximum Gasteiger partial charge on any atom is 0.223 e. The van der Waals surface area contributed by atoms with Crippen molar-refractivity contribution in [3.05, 3.63) is 0 Å². The van der Waals surface area contributed by atoms with Gasteiger partial charge in [-0.2, -0.15) is 0 Å². The second kappa shape index (κ2) is 4.33. The molecule has 0 bridgehead atoms. The summed E-state index contributed by atoms with van der Waals surface area (Å²) in [5.74, 6) is 0.418. The van der Waals surface area contributed by atoms with Crippen molar-refractivity contribution in [2.45, 2.75) is 70.4 Å². The molecule has 2 heteroatoms. The molecule has 14 heavy (non-hydrogen) atoms. The van der Waals surface area contributed by atoms with E-state index in [1.807, 2.05) is 0 Å². The van der Waals surface area contributed by atoms with Gasteiger partial charge in [0.25, 0.3) is 0 Å². The van der Waals surface area contributed by atoms with Crippen LogP contribution in [0.15, 0.2) is 0 Å². The molecule has 2 aliphatic rings. The predicted molar refractivity (Wildman–Crippen MR) is 57.0 cm³/mol. The minimum atomic E-state index is 0.418. The topological polar surface area (TPSA) is 20.3 Å². The fraction of sp³-hybridized carbons (Fsp3) is 0.917. The van der Waals surface area contributed by atoms with Crippen LogP contribution in [0.5, 0.6) is 0 Å². The van der Waals surface area contributed by atoms with Crippen LogP contribution in [0.25, 0.3) is 0 Å². The second-order valence-electron chi connectivity index (χ2n) is 4.72. The van der Waals surface area contributed by atoms with Gasteiger partial charge in [0, 0.05) is 18.5 Å². The molecule has 2 rings (SSSR count). The summed E-state index contributed by atoms with van der Waals surface area (Å²) >= 11 is 0. The normalized spacial score (nSPS) is 22.6. The lowest BCUT2D eigenvalue weighted by Crippen LogP contribution is -2.40. The van der Waals surface area contributed by atoms with Crippen LogP contribution >= 0.6 is 0 Å². The van der Waals surface area contributed by atoms with Crippen molar-refractivity contribution in [2.75, 3.05) is 0 Å². The number of hydrogen-bond acceptors (Lipinski definition) is 1. The predicted octanol–water partition coefficient (Wildman–Crippen LogP) is 2.72. The van der Waals surface area contributed by atoms with E-state index in [2.05, 4.69) is 11.8 Å². The molecular formula is C12H21NO. The lowest BCUT2D eigenvalue weighted by molar-refractivity contribution is -0.134. The van der Waals surface area contributed by atoms with Crippen LogP contribution in [-0.4, -0.2) is 22.9 Å². The molecule has 0 saturated heterocycles. The Hall–Kier alpha value is -0.530. The molecular weight excluding hydrogens is 174 g/mol. The Morgan fingerprint density at radius 2 is 1.71 bits per heavy atom. The largest absolute Gasteiger partial charge is 0.337 e. The molecule has 80 valence electrons. The Bertz CT molecular complexity index is 204. The first-order valence-corrected chi connectivity index (χ1v) is 6.14. The van der Waals surface area contributed by atoms with E-state index < -0.39 is 0 Å². The summed E-state index contributed by atoms with van der Waals surface area (Å²) in [4.78, 5) is 14.2. The van der Waals surface area contributed by atoms with Crippen molar-refractivity contribution >= 4 is 5.91 Å². The third-order valence-electron chi connectivity index (χ3n) is 3.41. The van der Waals surface area contributed by atoms with Crippen molar-refractivity contribution in [1.82, 2.24) is 4.90 Å². The van der Waals surface area contributed by atoms with Crippen LogP contribution in [0.3, 0.4) is 0 Å². The summed E-state index contributed by atoms with van der Waals surface area (Å²) in [6.45, 7) is 2.09. The fourth-order valence-corrected chi connectivity index (χ4v) is 2.58. The first-order chi connectivity index (χ1) is 6.83. The maximum atomic E-state index is 11.9. The number of nitrogens with zero attached hydrogens (tertiary/aromatic N) is 1. The highest BCUT2D eigenvalue weighted by Crippen LogP contribution is 2.34. The molecule has 0 aromatic heterocycles. The molecule has 0 unspecified atom stereocenters. The summed E-state index contributed by atoms with van der Waals surface area (Å²) in [5.41, 5.74) is 0. The molecule has 0 aromatic rings. The molecule has 2 nitrogen and oxygen atoms in total. The summed E-state index contributed by atoms with van der Waals surface area (Å²) in [7, 11) is 0. The zero-order chi connectivity index (χ0) is 9.97. The van der Waals surface area contributed by atoms with Gasteiger partial charge in [-0.25, -0.2) is 0 Å². The molecule has 0 atom stereocenters. The second-order valence-corrected chi connectivity index (χ2v) is 4.72. The highest BCUT2D eigenvalue weighted by molar-refractivity contribution is 5.77. The van der Waals surface area contributed by atoms with Crippen molar-refractivity contribution in [2.24, 2.45) is 0 Å². The van der Waals surface area contributed by atoms with Gasteiger partial charge in [0.05, 0.1) is 0 Å². The Labute approximate surface area is 86.7 Å². The van der Waals surface area contributed by atoms with E-state index in [1.54, 1.807) is 0 Å². The fourth-order valence-electron chi connectivity index (χ4n) is 2.58. The zero-order valence-corrected chi connectivity index (χ0v) is 9.17. The van der Waals surface area contributed by atoms with Gasteiger partial charge < -0.3 is 4.90 Å². The van der Waals surface area contributed by atoms with Crippen molar-refractivity contribution in [3.8, 4) is 0 Å². The van der Waals surface area contributed by atoms with Gasteiger partial charge in [0.2, 0.25) is 5.91 Å². The number of carbonyl (C=O) groups is 1. The van der Waals surface area contributed by atoms with E-state index in [0.717, 1.165) is 12.8 Å². The number of hydrogen-bond donors (Lipinski definition) is 0. The molecule has 0 radical (unpaired) electrons. The number of rotatable bonds is 4. The summed E-state index contributed by atoms with van der Waals surface area (Å²) in [6.07, 6.45) is 9.43. The maximum absolute atomic E-state index is 11.9. The average molecular weight is 195 g/mol. The van der Waals surface area contributed by atoms with E-state index >= 15 is 0 Å². The van der Waals surface area contributed by atoms with E-state index in [0.29, 0.717) is 18.0 Å². The first-order valence-electron chi connectivity index (χ1n) is 6.14. The zero-order valence-electron chi connectivity index (χ0n) is 9.17. The molecule has 2 saturated carbocycles. The molecule has 0 spiro atoms. The van der Waals surface area contributed by atoms with Gasteiger partial charge in [-0.1, -0.05) is 19.8 Å². The third-order valence-corrected chi connectivity index (χ3v) is 3.41. The van der Waals surface area contributed by atoms with Gasteiger partial charge in [-0.05, 0) is 32.1 Å². The lowest BCUT2D eigenvalue weighted by Gasteiger charge is -2.29. The van der Waals surface area contributed by atoms with Crippen molar-refractivity contribution in [1.29, 1.82) is 0 Å². The van der Waals surface area contributed by atoms with Gasteiger partial charge in [0.15, 0.2) is 0 Å². The first kappa shape index (κ1) is 10.0. The highest BCUT2D eigenvalue weighted by Gasteiger charge is 2.37. The number of carbonyl (C=O) groups excluding carboxylic acids is 1. The Morgan fingerprint density at radius 1 is 1.14 bits per heavy atom. The molecule has 0 aliphatic heterocycles. The van der Waals surface area contributed by atoms with Gasteiger partial charge >= 0.3 is 0 Å². The molecule has 0 N–H and O–H groups in total. The van der Waals surface area contributed by atoms with E-state index in [1.165, 1.54) is 38.5 Å². The van der Waals surface area contributed by atoms with Crippen LogP contribution < -0.4 is 0 Å². The highest BCUT2D eigenvalue weighted by atomic mass is 16.2. The molecule has 0 aromatic carbocycles. The van der Waals surface area contributed by atoms with E-state index in [-0.39, 0.29) is 0 Å². The summed E-state index contributed by atoms with van der Waals surface area (Å²) < 4.78 is 0. The molecule has 2 aliphatic carbocycles.